The summed E-state index contributed by atoms with van der Waals surface area (Å²) in [6, 6.07) is 0. The first kappa shape index (κ1) is 7.54. The number of rotatable bonds is 1. The third kappa shape index (κ3) is 1.48. The van der Waals surface area contributed by atoms with Gasteiger partial charge < -0.3 is 9.64 Å². The van der Waals surface area contributed by atoms with Crippen LogP contribution in [0.5, 0.6) is 0 Å². The second-order valence-electron chi connectivity index (χ2n) is 2.61. The third-order valence-corrected chi connectivity index (χ3v) is 1.92. The fourth-order valence-corrected chi connectivity index (χ4v) is 1.21. The summed E-state index contributed by atoms with van der Waals surface area (Å²) in [7, 11) is 1.69. The van der Waals surface area contributed by atoms with Gasteiger partial charge in [-0.25, -0.2) is 0 Å². The molecule has 3 heteroatoms. The summed E-state index contributed by atoms with van der Waals surface area (Å²) < 4.78 is 5.10. The zero-order valence-corrected chi connectivity index (χ0v) is 6.46. The zero-order chi connectivity index (χ0) is 7.56. The summed E-state index contributed by atoms with van der Waals surface area (Å²) in [6.07, 6.45) is 1.25. The van der Waals surface area contributed by atoms with E-state index in [9.17, 15) is 4.79 Å². The standard InChI is InChI=1S/C7H13NO2/c1-6(9)8-4-3-7(5-8)10-2/h7H,3-5H2,1-2H3. The zero-order valence-electron chi connectivity index (χ0n) is 6.46. The molecule has 1 aliphatic heterocycles. The van der Waals surface area contributed by atoms with E-state index in [0.717, 1.165) is 19.5 Å². The molecule has 0 bridgehead atoms. The largest absolute Gasteiger partial charge is 0.380 e. The van der Waals surface area contributed by atoms with Crippen molar-refractivity contribution in [3.63, 3.8) is 0 Å². The van der Waals surface area contributed by atoms with Crippen molar-refractivity contribution in [1.82, 2.24) is 4.90 Å². The van der Waals surface area contributed by atoms with E-state index < -0.39 is 0 Å². The molecule has 1 rings (SSSR count). The van der Waals surface area contributed by atoms with E-state index in [4.69, 9.17) is 4.74 Å². The van der Waals surface area contributed by atoms with Crippen molar-refractivity contribution >= 4 is 5.91 Å². The SMILES string of the molecule is COC1CCN(C(C)=O)C1. The normalized spacial score (nSPS) is 25.4. The highest BCUT2D eigenvalue weighted by Gasteiger charge is 2.23. The molecule has 0 aromatic rings. The monoisotopic (exact) mass is 143 g/mol. The molecule has 0 N–H and O–H groups in total. The number of carbonyl (C=O) groups is 1. The van der Waals surface area contributed by atoms with Crippen LogP contribution in [-0.2, 0) is 9.53 Å². The average molecular weight is 143 g/mol. The topological polar surface area (TPSA) is 29.5 Å². The summed E-state index contributed by atoms with van der Waals surface area (Å²) in [5, 5.41) is 0. The lowest BCUT2D eigenvalue weighted by molar-refractivity contribution is -0.128. The first-order valence-electron chi connectivity index (χ1n) is 3.52. The summed E-state index contributed by atoms with van der Waals surface area (Å²) in [5.74, 6) is 0.152. The van der Waals surface area contributed by atoms with Crippen LogP contribution in [-0.4, -0.2) is 37.1 Å². The summed E-state index contributed by atoms with van der Waals surface area (Å²) in [5.41, 5.74) is 0. The van der Waals surface area contributed by atoms with Gasteiger partial charge >= 0.3 is 0 Å². The second kappa shape index (κ2) is 3.01. The van der Waals surface area contributed by atoms with E-state index in [-0.39, 0.29) is 12.0 Å². The Labute approximate surface area is 61.0 Å². The molecule has 1 heterocycles. The molecule has 0 aromatic carbocycles. The fourth-order valence-electron chi connectivity index (χ4n) is 1.21. The number of nitrogens with zero attached hydrogens (tertiary/aromatic N) is 1. The fraction of sp³-hybridized carbons (Fsp3) is 0.857. The van der Waals surface area contributed by atoms with Crippen molar-refractivity contribution in [3.05, 3.63) is 0 Å². The van der Waals surface area contributed by atoms with Crippen molar-refractivity contribution in [2.24, 2.45) is 0 Å². The maximum atomic E-state index is 10.8. The van der Waals surface area contributed by atoms with Crippen LogP contribution >= 0.6 is 0 Å². The minimum atomic E-state index is 0.152. The predicted octanol–water partition coefficient (Wildman–Crippen LogP) is 0.254. The third-order valence-electron chi connectivity index (χ3n) is 1.92. The van der Waals surface area contributed by atoms with Crippen LogP contribution in [0.2, 0.25) is 0 Å². The highest BCUT2D eigenvalue weighted by Crippen LogP contribution is 2.10. The smallest absolute Gasteiger partial charge is 0.219 e. The highest BCUT2D eigenvalue weighted by molar-refractivity contribution is 5.73. The van der Waals surface area contributed by atoms with E-state index >= 15 is 0 Å². The lowest BCUT2D eigenvalue weighted by Gasteiger charge is -2.12. The molecule has 58 valence electrons. The lowest BCUT2D eigenvalue weighted by atomic mass is 10.3. The summed E-state index contributed by atoms with van der Waals surface area (Å²) >= 11 is 0. The molecular formula is C7H13NO2. The molecule has 3 nitrogen and oxygen atoms in total. The van der Waals surface area contributed by atoms with Gasteiger partial charge in [-0.2, -0.15) is 0 Å². The number of hydrogen-bond acceptors (Lipinski definition) is 2. The van der Waals surface area contributed by atoms with E-state index in [1.54, 1.807) is 14.0 Å². The number of amides is 1. The van der Waals surface area contributed by atoms with Gasteiger partial charge in [0.1, 0.15) is 0 Å². The Bertz CT molecular complexity index is 136. The van der Waals surface area contributed by atoms with Gasteiger partial charge in [0, 0.05) is 27.1 Å². The van der Waals surface area contributed by atoms with Gasteiger partial charge in [-0.1, -0.05) is 0 Å². The molecule has 1 aliphatic rings. The Morgan fingerprint density at radius 2 is 2.40 bits per heavy atom. The molecule has 0 aliphatic carbocycles. The van der Waals surface area contributed by atoms with Crippen LogP contribution in [0.25, 0.3) is 0 Å². The molecule has 1 unspecified atom stereocenters. The minimum absolute atomic E-state index is 0.152. The first-order chi connectivity index (χ1) is 4.74. The Kier molecular flexibility index (Phi) is 2.27. The van der Waals surface area contributed by atoms with Gasteiger partial charge in [0.15, 0.2) is 0 Å². The van der Waals surface area contributed by atoms with Crippen molar-refractivity contribution in [3.8, 4) is 0 Å². The van der Waals surface area contributed by atoms with E-state index in [1.807, 2.05) is 4.90 Å². The van der Waals surface area contributed by atoms with Crippen LogP contribution in [0.3, 0.4) is 0 Å². The number of ether oxygens (including phenoxy) is 1. The Hall–Kier alpha value is -0.570. The van der Waals surface area contributed by atoms with Crippen molar-refractivity contribution in [1.29, 1.82) is 0 Å². The highest BCUT2D eigenvalue weighted by atomic mass is 16.5. The van der Waals surface area contributed by atoms with E-state index in [1.165, 1.54) is 0 Å². The van der Waals surface area contributed by atoms with Crippen LogP contribution in [0.1, 0.15) is 13.3 Å². The Morgan fingerprint density at radius 1 is 1.70 bits per heavy atom. The summed E-state index contributed by atoms with van der Waals surface area (Å²) in [4.78, 5) is 12.6. The number of hydrogen-bond donors (Lipinski definition) is 0. The average Bonchev–Trinajstić information content (AvgIpc) is 2.34. The maximum Gasteiger partial charge on any atom is 0.219 e. The van der Waals surface area contributed by atoms with Gasteiger partial charge in [0.05, 0.1) is 6.10 Å². The van der Waals surface area contributed by atoms with E-state index in [0.29, 0.717) is 0 Å². The molecule has 10 heavy (non-hydrogen) atoms. The lowest BCUT2D eigenvalue weighted by Crippen LogP contribution is -2.27. The Morgan fingerprint density at radius 3 is 2.70 bits per heavy atom. The number of carbonyl (C=O) groups excluding carboxylic acids is 1. The van der Waals surface area contributed by atoms with Crippen LogP contribution in [0.15, 0.2) is 0 Å². The van der Waals surface area contributed by atoms with Crippen molar-refractivity contribution < 1.29 is 9.53 Å². The molecule has 0 spiro atoms. The van der Waals surface area contributed by atoms with Gasteiger partial charge in [0.2, 0.25) is 5.91 Å². The van der Waals surface area contributed by atoms with Crippen molar-refractivity contribution in [2.45, 2.75) is 19.4 Å². The number of methoxy groups -OCH3 is 1. The second-order valence-corrected chi connectivity index (χ2v) is 2.61. The quantitative estimate of drug-likeness (QED) is 0.526. The first-order valence-corrected chi connectivity index (χ1v) is 3.52. The molecule has 1 atom stereocenters. The molecule has 0 saturated carbocycles. The van der Waals surface area contributed by atoms with Gasteiger partial charge in [-0.05, 0) is 6.42 Å². The maximum absolute atomic E-state index is 10.8. The molecular weight excluding hydrogens is 130 g/mol. The van der Waals surface area contributed by atoms with Crippen LogP contribution < -0.4 is 0 Å². The molecule has 0 radical (unpaired) electrons. The summed E-state index contributed by atoms with van der Waals surface area (Å²) in [6.45, 7) is 3.22. The molecule has 1 saturated heterocycles. The molecule has 1 fully saturated rings. The Balaban J connectivity index is 2.35. The van der Waals surface area contributed by atoms with Gasteiger partial charge in [-0.15, -0.1) is 0 Å². The van der Waals surface area contributed by atoms with Gasteiger partial charge in [-0.3, -0.25) is 4.79 Å². The van der Waals surface area contributed by atoms with Crippen molar-refractivity contribution in [2.75, 3.05) is 20.2 Å². The van der Waals surface area contributed by atoms with Crippen LogP contribution in [0, 0.1) is 0 Å². The predicted molar refractivity (Wildman–Crippen MR) is 37.7 cm³/mol. The molecule has 1 amide bonds. The minimum Gasteiger partial charge on any atom is -0.380 e. The molecule has 0 aromatic heterocycles. The number of likely N-dealkylation sites (tertiary alicyclic amines) is 1. The van der Waals surface area contributed by atoms with E-state index in [2.05, 4.69) is 0 Å². The van der Waals surface area contributed by atoms with Crippen LogP contribution in [0.4, 0.5) is 0 Å². The van der Waals surface area contributed by atoms with Gasteiger partial charge in [0.25, 0.3) is 0 Å².